The summed E-state index contributed by atoms with van der Waals surface area (Å²) in [5, 5.41) is 0. The number of rotatable bonds is 5. The maximum Gasteiger partial charge on any atom is 0.108 e. The SMILES string of the molecule is CCc1ccc(C(Cl)(CCl)c2ccc(CC)cc2)cc1. The molecule has 0 unspecified atom stereocenters. The van der Waals surface area contributed by atoms with Crippen LogP contribution in [0.4, 0.5) is 0 Å². The third-order valence-electron chi connectivity index (χ3n) is 3.82. The van der Waals surface area contributed by atoms with E-state index in [1.807, 2.05) is 0 Å². The van der Waals surface area contributed by atoms with Crippen LogP contribution in [0.25, 0.3) is 0 Å². The van der Waals surface area contributed by atoms with Gasteiger partial charge in [0.25, 0.3) is 0 Å². The molecule has 20 heavy (non-hydrogen) atoms. The minimum absolute atomic E-state index is 0.353. The maximum atomic E-state index is 6.83. The fourth-order valence-electron chi connectivity index (χ4n) is 2.33. The van der Waals surface area contributed by atoms with Gasteiger partial charge in [-0.25, -0.2) is 0 Å². The van der Waals surface area contributed by atoms with Gasteiger partial charge in [-0.1, -0.05) is 62.4 Å². The van der Waals surface area contributed by atoms with Crippen LogP contribution < -0.4 is 0 Å². The molecule has 0 aliphatic carbocycles. The molecule has 2 aromatic carbocycles. The van der Waals surface area contributed by atoms with Crippen LogP contribution in [0.3, 0.4) is 0 Å². The molecule has 0 N–H and O–H groups in total. The monoisotopic (exact) mass is 306 g/mol. The second-order valence-electron chi connectivity index (χ2n) is 5.04. The molecular weight excluding hydrogens is 287 g/mol. The molecular formula is C18H20Cl2. The summed E-state index contributed by atoms with van der Waals surface area (Å²) >= 11 is 13.0. The van der Waals surface area contributed by atoms with Crippen molar-refractivity contribution >= 4 is 23.2 Å². The number of halogens is 2. The molecule has 2 aromatic rings. The number of benzene rings is 2. The van der Waals surface area contributed by atoms with Crippen molar-refractivity contribution in [3.63, 3.8) is 0 Å². The van der Waals surface area contributed by atoms with Crippen molar-refractivity contribution < 1.29 is 0 Å². The van der Waals surface area contributed by atoms with Crippen molar-refractivity contribution in [2.75, 3.05) is 5.88 Å². The van der Waals surface area contributed by atoms with E-state index in [-0.39, 0.29) is 0 Å². The van der Waals surface area contributed by atoms with Gasteiger partial charge in [0.2, 0.25) is 0 Å². The lowest BCUT2D eigenvalue weighted by Gasteiger charge is -2.26. The van der Waals surface area contributed by atoms with Gasteiger partial charge in [-0.3, -0.25) is 0 Å². The summed E-state index contributed by atoms with van der Waals surface area (Å²) in [7, 11) is 0. The topological polar surface area (TPSA) is 0 Å². The Hall–Kier alpha value is -0.980. The highest BCUT2D eigenvalue weighted by Crippen LogP contribution is 2.38. The third-order valence-corrected chi connectivity index (χ3v) is 4.93. The highest BCUT2D eigenvalue weighted by atomic mass is 35.5. The van der Waals surface area contributed by atoms with Crippen LogP contribution in [-0.2, 0) is 17.7 Å². The van der Waals surface area contributed by atoms with E-state index in [4.69, 9.17) is 23.2 Å². The van der Waals surface area contributed by atoms with E-state index in [1.165, 1.54) is 11.1 Å². The molecule has 0 heterocycles. The van der Waals surface area contributed by atoms with Crippen LogP contribution >= 0.6 is 23.2 Å². The fraction of sp³-hybridized carbons (Fsp3) is 0.333. The molecule has 0 bridgehead atoms. The summed E-state index contributed by atoms with van der Waals surface area (Å²) in [5.41, 5.74) is 4.72. The molecule has 0 saturated carbocycles. The summed E-state index contributed by atoms with van der Waals surface area (Å²) in [6, 6.07) is 16.8. The van der Waals surface area contributed by atoms with Gasteiger partial charge in [0, 0.05) is 5.88 Å². The Labute approximate surface area is 131 Å². The van der Waals surface area contributed by atoms with E-state index in [0.29, 0.717) is 5.88 Å². The predicted molar refractivity (Wildman–Crippen MR) is 89.0 cm³/mol. The first-order valence-electron chi connectivity index (χ1n) is 7.07. The number of hydrogen-bond donors (Lipinski definition) is 0. The Balaban J connectivity index is 2.39. The lowest BCUT2D eigenvalue weighted by Crippen LogP contribution is -2.22. The highest BCUT2D eigenvalue weighted by molar-refractivity contribution is 6.32. The standard InChI is InChI=1S/C18H20Cl2/c1-3-14-5-9-16(10-6-14)18(20,13-19)17-11-7-15(4-2)8-12-17/h5-12H,3-4,13H2,1-2H3. The maximum absolute atomic E-state index is 6.83. The van der Waals surface area contributed by atoms with Crippen molar-refractivity contribution in [1.82, 2.24) is 0 Å². The summed E-state index contributed by atoms with van der Waals surface area (Å²) in [6.45, 7) is 4.29. The zero-order chi connectivity index (χ0) is 14.6. The highest BCUT2D eigenvalue weighted by Gasteiger charge is 2.30. The Bertz CT molecular complexity index is 493. The molecule has 2 rings (SSSR count). The van der Waals surface area contributed by atoms with E-state index in [2.05, 4.69) is 62.4 Å². The van der Waals surface area contributed by atoms with Crippen molar-refractivity contribution in [3.8, 4) is 0 Å². The molecule has 0 amide bonds. The molecule has 106 valence electrons. The molecule has 0 fully saturated rings. The van der Waals surface area contributed by atoms with Crippen LogP contribution in [0.15, 0.2) is 48.5 Å². The van der Waals surface area contributed by atoms with Crippen LogP contribution in [0, 0.1) is 0 Å². The number of hydrogen-bond acceptors (Lipinski definition) is 0. The van der Waals surface area contributed by atoms with E-state index in [0.717, 1.165) is 24.0 Å². The van der Waals surface area contributed by atoms with Crippen molar-refractivity contribution in [3.05, 3.63) is 70.8 Å². The first-order chi connectivity index (χ1) is 9.63. The Morgan fingerprint density at radius 3 is 1.35 bits per heavy atom. The summed E-state index contributed by atoms with van der Waals surface area (Å²) in [4.78, 5) is -0.653. The summed E-state index contributed by atoms with van der Waals surface area (Å²) < 4.78 is 0. The molecule has 0 atom stereocenters. The van der Waals surface area contributed by atoms with Crippen LogP contribution in [-0.4, -0.2) is 5.88 Å². The van der Waals surface area contributed by atoms with Gasteiger partial charge in [-0.05, 0) is 35.1 Å². The second kappa shape index (κ2) is 6.65. The second-order valence-corrected chi connectivity index (χ2v) is 5.95. The number of aryl methyl sites for hydroxylation is 2. The average molecular weight is 307 g/mol. The van der Waals surface area contributed by atoms with Gasteiger partial charge in [0.1, 0.15) is 4.87 Å². The van der Waals surface area contributed by atoms with Gasteiger partial charge in [0.15, 0.2) is 0 Å². The van der Waals surface area contributed by atoms with E-state index in [9.17, 15) is 0 Å². The quantitative estimate of drug-likeness (QED) is 0.637. The zero-order valence-corrected chi connectivity index (χ0v) is 13.5. The summed E-state index contributed by atoms with van der Waals surface area (Å²) in [5.74, 6) is 0.353. The first-order valence-corrected chi connectivity index (χ1v) is 7.99. The largest absolute Gasteiger partial charge is 0.124 e. The fourth-order valence-corrected chi connectivity index (χ4v) is 2.89. The van der Waals surface area contributed by atoms with Gasteiger partial charge in [-0.2, -0.15) is 0 Å². The molecule has 2 heteroatoms. The van der Waals surface area contributed by atoms with Gasteiger partial charge < -0.3 is 0 Å². The van der Waals surface area contributed by atoms with Gasteiger partial charge >= 0.3 is 0 Å². The van der Waals surface area contributed by atoms with Crippen molar-refractivity contribution in [2.45, 2.75) is 31.6 Å². The van der Waals surface area contributed by atoms with Crippen molar-refractivity contribution in [2.24, 2.45) is 0 Å². The Morgan fingerprint density at radius 2 is 1.10 bits per heavy atom. The molecule has 0 aliphatic rings. The molecule has 0 aliphatic heterocycles. The normalized spacial score (nSPS) is 11.6. The molecule has 0 radical (unpaired) electrons. The van der Waals surface area contributed by atoms with Crippen molar-refractivity contribution in [1.29, 1.82) is 0 Å². The van der Waals surface area contributed by atoms with E-state index in [1.54, 1.807) is 0 Å². The zero-order valence-electron chi connectivity index (χ0n) is 12.0. The lowest BCUT2D eigenvalue weighted by atomic mass is 9.90. The Kier molecular flexibility index (Phi) is 5.12. The lowest BCUT2D eigenvalue weighted by molar-refractivity contribution is 0.828. The van der Waals surface area contributed by atoms with Gasteiger partial charge in [0.05, 0.1) is 0 Å². The number of alkyl halides is 2. The minimum Gasteiger partial charge on any atom is -0.124 e. The van der Waals surface area contributed by atoms with Crippen LogP contribution in [0.5, 0.6) is 0 Å². The molecule has 0 spiro atoms. The molecule has 0 aromatic heterocycles. The van der Waals surface area contributed by atoms with Gasteiger partial charge in [-0.15, -0.1) is 23.2 Å². The third kappa shape index (κ3) is 3.02. The molecule has 0 saturated heterocycles. The first kappa shape index (κ1) is 15.4. The Morgan fingerprint density at radius 1 is 0.750 bits per heavy atom. The minimum atomic E-state index is -0.653. The van der Waals surface area contributed by atoms with E-state index < -0.39 is 4.87 Å². The summed E-state index contributed by atoms with van der Waals surface area (Å²) in [6.07, 6.45) is 2.06. The average Bonchev–Trinajstić information content (AvgIpc) is 2.54. The van der Waals surface area contributed by atoms with Crippen LogP contribution in [0.2, 0.25) is 0 Å². The van der Waals surface area contributed by atoms with Crippen LogP contribution in [0.1, 0.15) is 36.1 Å². The van der Waals surface area contributed by atoms with E-state index >= 15 is 0 Å². The molecule has 0 nitrogen and oxygen atoms in total. The predicted octanol–water partition coefficient (Wildman–Crippen LogP) is 5.53. The smallest absolute Gasteiger partial charge is 0.108 e.